The highest BCUT2D eigenvalue weighted by molar-refractivity contribution is 14.1. The fourth-order valence-electron chi connectivity index (χ4n) is 2.15. The zero-order chi connectivity index (χ0) is 11.0. The molecular weight excluding hydrogens is 303 g/mol. The fraction of sp³-hybridized carbons (Fsp3) is 1.00. The van der Waals surface area contributed by atoms with E-state index in [1.807, 2.05) is 6.92 Å². The van der Waals surface area contributed by atoms with Gasteiger partial charge in [0.15, 0.2) is 0 Å². The molecule has 0 amide bonds. The quantitative estimate of drug-likeness (QED) is 0.322. The monoisotopic (exact) mass is 326 g/mol. The van der Waals surface area contributed by atoms with Crippen LogP contribution in [0.1, 0.15) is 45.4 Å². The topological polar surface area (TPSA) is 18.5 Å². The van der Waals surface area contributed by atoms with Gasteiger partial charge in [0.25, 0.3) is 0 Å². The zero-order valence-electron chi connectivity index (χ0n) is 9.77. The summed E-state index contributed by atoms with van der Waals surface area (Å²) in [4.78, 5) is 0. The van der Waals surface area contributed by atoms with Crippen LogP contribution >= 0.6 is 22.6 Å². The standard InChI is InChI=1S/C12H23IO2/c1-2-14-9-10-15-12(11-13)7-5-3-4-6-8-12/h2-11H2,1H3. The highest BCUT2D eigenvalue weighted by atomic mass is 127. The van der Waals surface area contributed by atoms with Crippen LogP contribution in [0.2, 0.25) is 0 Å². The van der Waals surface area contributed by atoms with E-state index in [9.17, 15) is 0 Å². The Labute approximate surface area is 107 Å². The Morgan fingerprint density at radius 3 is 2.27 bits per heavy atom. The summed E-state index contributed by atoms with van der Waals surface area (Å²) in [5.74, 6) is 0. The Bertz CT molecular complexity index is 154. The van der Waals surface area contributed by atoms with Gasteiger partial charge < -0.3 is 9.47 Å². The van der Waals surface area contributed by atoms with Gasteiger partial charge in [0, 0.05) is 11.0 Å². The van der Waals surface area contributed by atoms with Crippen LogP contribution in [0.3, 0.4) is 0 Å². The molecule has 90 valence electrons. The van der Waals surface area contributed by atoms with Gasteiger partial charge in [-0.25, -0.2) is 0 Å². The molecule has 0 aromatic carbocycles. The van der Waals surface area contributed by atoms with Gasteiger partial charge in [0.05, 0.1) is 18.8 Å². The van der Waals surface area contributed by atoms with Gasteiger partial charge in [-0.1, -0.05) is 48.3 Å². The third-order valence-electron chi connectivity index (χ3n) is 3.10. The number of halogens is 1. The molecule has 0 unspecified atom stereocenters. The van der Waals surface area contributed by atoms with Crippen LogP contribution < -0.4 is 0 Å². The maximum Gasteiger partial charge on any atom is 0.0772 e. The van der Waals surface area contributed by atoms with Gasteiger partial charge >= 0.3 is 0 Å². The predicted octanol–water partition coefficient (Wildman–Crippen LogP) is 3.57. The number of rotatable bonds is 6. The first-order valence-electron chi connectivity index (χ1n) is 6.11. The minimum Gasteiger partial charge on any atom is -0.379 e. The first-order valence-corrected chi connectivity index (χ1v) is 7.63. The average molecular weight is 326 g/mol. The average Bonchev–Trinajstić information content (AvgIpc) is 2.51. The first kappa shape index (κ1) is 13.7. The van der Waals surface area contributed by atoms with Crippen molar-refractivity contribution in [3.8, 4) is 0 Å². The van der Waals surface area contributed by atoms with Gasteiger partial charge in [0.2, 0.25) is 0 Å². The second-order valence-electron chi connectivity index (χ2n) is 4.28. The summed E-state index contributed by atoms with van der Waals surface area (Å²) in [7, 11) is 0. The Morgan fingerprint density at radius 1 is 1.07 bits per heavy atom. The van der Waals surface area contributed by atoms with Gasteiger partial charge in [-0.15, -0.1) is 0 Å². The Kier molecular flexibility index (Phi) is 7.17. The molecule has 0 atom stereocenters. The molecule has 0 radical (unpaired) electrons. The van der Waals surface area contributed by atoms with Crippen molar-refractivity contribution in [1.82, 2.24) is 0 Å². The first-order chi connectivity index (χ1) is 7.33. The van der Waals surface area contributed by atoms with Crippen LogP contribution in [0.5, 0.6) is 0 Å². The number of ether oxygens (including phenoxy) is 2. The summed E-state index contributed by atoms with van der Waals surface area (Å²) in [5.41, 5.74) is 0.161. The molecule has 0 aliphatic heterocycles. The summed E-state index contributed by atoms with van der Waals surface area (Å²) in [6.45, 7) is 4.33. The second kappa shape index (κ2) is 7.85. The van der Waals surface area contributed by atoms with Crippen LogP contribution in [0.4, 0.5) is 0 Å². The van der Waals surface area contributed by atoms with Crippen LogP contribution in [0.25, 0.3) is 0 Å². The molecule has 1 fully saturated rings. The fourth-order valence-corrected chi connectivity index (χ4v) is 3.13. The van der Waals surface area contributed by atoms with Crippen LogP contribution in [-0.4, -0.2) is 29.8 Å². The van der Waals surface area contributed by atoms with E-state index in [-0.39, 0.29) is 5.60 Å². The minimum atomic E-state index is 0.161. The Balaban J connectivity index is 2.29. The van der Waals surface area contributed by atoms with E-state index >= 15 is 0 Å². The second-order valence-corrected chi connectivity index (χ2v) is 5.04. The van der Waals surface area contributed by atoms with Crippen molar-refractivity contribution < 1.29 is 9.47 Å². The third-order valence-corrected chi connectivity index (χ3v) is 4.49. The lowest BCUT2D eigenvalue weighted by Crippen LogP contribution is -2.35. The van der Waals surface area contributed by atoms with E-state index in [1.54, 1.807) is 0 Å². The van der Waals surface area contributed by atoms with E-state index in [4.69, 9.17) is 9.47 Å². The number of hydrogen-bond donors (Lipinski definition) is 0. The molecule has 0 aromatic rings. The summed E-state index contributed by atoms with van der Waals surface area (Å²) < 4.78 is 12.5. The van der Waals surface area contributed by atoms with Crippen molar-refractivity contribution in [3.63, 3.8) is 0 Å². The molecule has 1 saturated carbocycles. The molecule has 1 aliphatic carbocycles. The van der Waals surface area contributed by atoms with E-state index in [0.717, 1.165) is 24.2 Å². The molecule has 0 spiro atoms. The van der Waals surface area contributed by atoms with Crippen molar-refractivity contribution in [1.29, 1.82) is 0 Å². The van der Waals surface area contributed by atoms with Crippen LogP contribution in [0, 0.1) is 0 Å². The molecule has 1 aliphatic rings. The Morgan fingerprint density at radius 2 is 1.73 bits per heavy atom. The lowest BCUT2D eigenvalue weighted by atomic mass is 9.97. The highest BCUT2D eigenvalue weighted by Gasteiger charge is 2.30. The lowest BCUT2D eigenvalue weighted by molar-refractivity contribution is -0.0588. The normalized spacial score (nSPS) is 21.2. The summed E-state index contributed by atoms with van der Waals surface area (Å²) >= 11 is 2.47. The van der Waals surface area contributed by atoms with Gasteiger partial charge in [-0.2, -0.15) is 0 Å². The van der Waals surface area contributed by atoms with Crippen LogP contribution in [0.15, 0.2) is 0 Å². The molecule has 15 heavy (non-hydrogen) atoms. The number of hydrogen-bond acceptors (Lipinski definition) is 2. The highest BCUT2D eigenvalue weighted by Crippen LogP contribution is 2.32. The molecule has 3 heteroatoms. The van der Waals surface area contributed by atoms with Gasteiger partial charge in [0.1, 0.15) is 0 Å². The van der Waals surface area contributed by atoms with Gasteiger partial charge in [-0.3, -0.25) is 0 Å². The van der Waals surface area contributed by atoms with Crippen LogP contribution in [-0.2, 0) is 9.47 Å². The molecule has 0 bridgehead atoms. The van der Waals surface area contributed by atoms with E-state index in [1.165, 1.54) is 38.5 Å². The van der Waals surface area contributed by atoms with Crippen molar-refractivity contribution >= 4 is 22.6 Å². The lowest BCUT2D eigenvalue weighted by Gasteiger charge is -2.31. The van der Waals surface area contributed by atoms with Crippen molar-refractivity contribution in [2.24, 2.45) is 0 Å². The zero-order valence-corrected chi connectivity index (χ0v) is 11.9. The molecule has 0 heterocycles. The van der Waals surface area contributed by atoms with Gasteiger partial charge in [-0.05, 0) is 19.8 Å². The van der Waals surface area contributed by atoms with Crippen molar-refractivity contribution in [3.05, 3.63) is 0 Å². The summed E-state index contributed by atoms with van der Waals surface area (Å²) in [6.07, 6.45) is 7.90. The molecule has 2 nitrogen and oxygen atoms in total. The summed E-state index contributed by atoms with van der Waals surface area (Å²) in [5, 5.41) is 0. The smallest absolute Gasteiger partial charge is 0.0772 e. The minimum absolute atomic E-state index is 0.161. The molecule has 0 N–H and O–H groups in total. The predicted molar refractivity (Wildman–Crippen MR) is 71.8 cm³/mol. The maximum atomic E-state index is 6.07. The van der Waals surface area contributed by atoms with E-state index in [0.29, 0.717) is 0 Å². The molecular formula is C12H23IO2. The molecule has 0 saturated heterocycles. The Hall–Kier alpha value is 0.650. The molecule has 1 rings (SSSR count). The van der Waals surface area contributed by atoms with E-state index in [2.05, 4.69) is 22.6 Å². The van der Waals surface area contributed by atoms with Crippen molar-refractivity contribution in [2.45, 2.75) is 51.0 Å². The largest absolute Gasteiger partial charge is 0.379 e. The maximum absolute atomic E-state index is 6.07. The third kappa shape index (κ3) is 5.00. The SMILES string of the molecule is CCOCCOC1(CI)CCCCCC1. The number of alkyl halides is 1. The summed E-state index contributed by atoms with van der Waals surface area (Å²) in [6, 6.07) is 0. The molecule has 0 aromatic heterocycles. The van der Waals surface area contributed by atoms with E-state index < -0.39 is 0 Å². The van der Waals surface area contributed by atoms with Crippen molar-refractivity contribution in [2.75, 3.05) is 24.2 Å².